The number of carbonyl (C=O) groups excluding carboxylic acids is 1. The van der Waals surface area contributed by atoms with Gasteiger partial charge in [0, 0.05) is 0 Å². The van der Waals surface area contributed by atoms with Crippen LogP contribution in [0.3, 0.4) is 0 Å². The Bertz CT molecular complexity index is 1750. The van der Waals surface area contributed by atoms with E-state index in [1.54, 1.807) is 17.6 Å². The fourth-order valence-corrected chi connectivity index (χ4v) is 5.53. The number of aromatic nitrogens is 1. The Morgan fingerprint density at radius 3 is 2.37 bits per heavy atom. The third-order valence-corrected chi connectivity index (χ3v) is 7.57. The van der Waals surface area contributed by atoms with Crippen LogP contribution in [-0.4, -0.2) is 17.1 Å². The summed E-state index contributed by atoms with van der Waals surface area (Å²) in [6, 6.07) is 26.7. The normalized spacial score (nSPS) is 15.2. The Kier molecular flexibility index (Phi) is 8.75. The lowest BCUT2D eigenvalue weighted by molar-refractivity contribution is -0.140. The molecule has 4 aromatic rings. The molecule has 0 radical (unpaired) electrons. The van der Waals surface area contributed by atoms with Crippen molar-refractivity contribution in [2.45, 2.75) is 33.4 Å². The highest BCUT2D eigenvalue weighted by molar-refractivity contribution is 7.07. The number of carbonyl (C=O) groups is 1. The number of nitrogens with zero attached hydrogens (tertiary/aromatic N) is 2. The number of allylic oxidation sites excluding steroid dienone is 2. The van der Waals surface area contributed by atoms with E-state index in [1.165, 1.54) is 11.3 Å². The van der Waals surface area contributed by atoms with Gasteiger partial charge in [0.2, 0.25) is 0 Å². The molecule has 0 aliphatic carbocycles. The van der Waals surface area contributed by atoms with Crippen LogP contribution >= 0.6 is 11.3 Å². The first-order chi connectivity index (χ1) is 19.9. The minimum atomic E-state index is -0.672. The predicted octanol–water partition coefficient (Wildman–Crippen LogP) is 5.68. The van der Waals surface area contributed by atoms with E-state index in [9.17, 15) is 9.59 Å². The third kappa shape index (κ3) is 6.64. The molecule has 0 bridgehead atoms. The van der Waals surface area contributed by atoms with Crippen molar-refractivity contribution in [1.29, 1.82) is 0 Å². The van der Waals surface area contributed by atoms with Crippen molar-refractivity contribution in [3.63, 3.8) is 0 Å². The van der Waals surface area contributed by atoms with Crippen molar-refractivity contribution >= 4 is 29.5 Å². The first-order valence-corrected chi connectivity index (χ1v) is 14.4. The topological polar surface area (TPSA) is 69.9 Å². The first kappa shape index (κ1) is 28.1. The number of thiazole rings is 1. The van der Waals surface area contributed by atoms with Crippen molar-refractivity contribution in [1.82, 2.24) is 4.57 Å². The summed E-state index contributed by atoms with van der Waals surface area (Å²) in [6.07, 6.45) is 5.61. The molecule has 7 heteroatoms. The Hall–Kier alpha value is -4.49. The van der Waals surface area contributed by atoms with Gasteiger partial charge in [-0.25, -0.2) is 9.79 Å². The summed E-state index contributed by atoms with van der Waals surface area (Å²) < 4.78 is 13.7. The quantitative estimate of drug-likeness (QED) is 0.245. The highest BCUT2D eigenvalue weighted by Crippen LogP contribution is 2.32. The molecule has 0 saturated heterocycles. The van der Waals surface area contributed by atoms with Gasteiger partial charge >= 0.3 is 5.97 Å². The zero-order valence-electron chi connectivity index (χ0n) is 23.3. The molecule has 41 heavy (non-hydrogen) atoms. The van der Waals surface area contributed by atoms with Crippen LogP contribution in [0.15, 0.2) is 112 Å². The van der Waals surface area contributed by atoms with Gasteiger partial charge in [-0.05, 0) is 47.7 Å². The second kappa shape index (κ2) is 12.8. The lowest BCUT2D eigenvalue weighted by Gasteiger charge is -2.25. The predicted molar refractivity (Wildman–Crippen MR) is 163 cm³/mol. The average molecular weight is 565 g/mol. The summed E-state index contributed by atoms with van der Waals surface area (Å²) in [4.78, 5) is 32.4. The molecule has 0 N–H and O–H groups in total. The molecule has 0 fully saturated rings. The van der Waals surface area contributed by atoms with Crippen LogP contribution in [0.2, 0.25) is 0 Å². The monoisotopic (exact) mass is 564 g/mol. The largest absolute Gasteiger partial charge is 0.489 e. The molecule has 2 heterocycles. The van der Waals surface area contributed by atoms with Crippen molar-refractivity contribution < 1.29 is 14.3 Å². The number of fused-ring (bicyclic) bond motifs is 1. The minimum Gasteiger partial charge on any atom is -0.489 e. The summed E-state index contributed by atoms with van der Waals surface area (Å²) in [7, 11) is 0. The number of benzene rings is 3. The molecule has 1 aliphatic heterocycles. The molecule has 3 aromatic carbocycles. The van der Waals surface area contributed by atoms with E-state index in [0.29, 0.717) is 33.0 Å². The van der Waals surface area contributed by atoms with Crippen LogP contribution in [-0.2, 0) is 16.1 Å². The molecule has 1 atom stereocenters. The zero-order valence-corrected chi connectivity index (χ0v) is 24.1. The van der Waals surface area contributed by atoms with E-state index in [0.717, 1.165) is 16.7 Å². The van der Waals surface area contributed by atoms with Crippen molar-refractivity contribution in [3.05, 3.63) is 139 Å². The summed E-state index contributed by atoms with van der Waals surface area (Å²) in [5.74, 6) is 0.408. The Labute approximate surface area is 243 Å². The third-order valence-electron chi connectivity index (χ3n) is 6.57. The maximum Gasteiger partial charge on any atom is 0.338 e. The Morgan fingerprint density at radius 1 is 1.00 bits per heavy atom. The van der Waals surface area contributed by atoms with Crippen LogP contribution in [0.5, 0.6) is 5.75 Å². The van der Waals surface area contributed by atoms with E-state index in [-0.39, 0.29) is 18.1 Å². The number of ether oxygens (including phenoxy) is 2. The van der Waals surface area contributed by atoms with E-state index in [4.69, 9.17) is 9.47 Å². The van der Waals surface area contributed by atoms with E-state index >= 15 is 0 Å². The Balaban J connectivity index is 1.51. The molecule has 1 aromatic heterocycles. The summed E-state index contributed by atoms with van der Waals surface area (Å²) in [6.45, 7) is 6.49. The van der Waals surface area contributed by atoms with Gasteiger partial charge in [0.05, 0.1) is 28.5 Å². The molecule has 0 spiro atoms. The summed E-state index contributed by atoms with van der Waals surface area (Å²) >= 11 is 1.31. The van der Waals surface area contributed by atoms with E-state index in [2.05, 4.69) is 4.99 Å². The van der Waals surface area contributed by atoms with Gasteiger partial charge in [0.1, 0.15) is 12.4 Å². The highest BCUT2D eigenvalue weighted by atomic mass is 32.1. The zero-order chi connectivity index (χ0) is 28.8. The van der Waals surface area contributed by atoms with Gasteiger partial charge < -0.3 is 9.47 Å². The maximum atomic E-state index is 13.8. The molecule has 0 amide bonds. The molecule has 5 rings (SSSR count). The molecule has 1 unspecified atom stereocenters. The average Bonchev–Trinajstić information content (AvgIpc) is 3.29. The fourth-order valence-electron chi connectivity index (χ4n) is 4.53. The molecule has 1 aliphatic rings. The van der Waals surface area contributed by atoms with E-state index in [1.807, 2.05) is 111 Å². The first-order valence-electron chi connectivity index (χ1n) is 13.6. The molecule has 0 saturated carbocycles. The van der Waals surface area contributed by atoms with Crippen molar-refractivity contribution in [2.75, 3.05) is 6.61 Å². The molecule has 208 valence electrons. The lowest BCUT2D eigenvalue weighted by Crippen LogP contribution is -2.40. The van der Waals surface area contributed by atoms with Crippen LogP contribution < -0.4 is 19.6 Å². The van der Waals surface area contributed by atoms with Crippen molar-refractivity contribution in [2.24, 2.45) is 10.9 Å². The van der Waals surface area contributed by atoms with Gasteiger partial charge in [-0.2, -0.15) is 0 Å². The minimum absolute atomic E-state index is 0.178. The standard InChI is InChI=1S/C34H32N2O4S/c1-23(2)21-40-33(38)30-24(3)35-34-36(32(37)29(41-34)16-10-15-25-11-6-4-7-12-25)31(30)27-17-19-28(20-18-27)39-22-26-13-8-5-9-14-26/h4-20,23,31H,21-22H2,1-3H3/b15-10+,29-16-. The van der Waals surface area contributed by atoms with Gasteiger partial charge in [-0.3, -0.25) is 9.36 Å². The van der Waals surface area contributed by atoms with Gasteiger partial charge in [0.25, 0.3) is 5.56 Å². The number of hydrogen-bond donors (Lipinski definition) is 0. The highest BCUT2D eigenvalue weighted by Gasteiger charge is 2.33. The van der Waals surface area contributed by atoms with E-state index < -0.39 is 12.0 Å². The second-order valence-electron chi connectivity index (χ2n) is 10.2. The number of rotatable bonds is 9. The van der Waals surface area contributed by atoms with Crippen LogP contribution in [0.25, 0.3) is 12.2 Å². The lowest BCUT2D eigenvalue weighted by atomic mass is 9.96. The number of hydrogen-bond acceptors (Lipinski definition) is 6. The van der Waals surface area contributed by atoms with Crippen LogP contribution in [0, 0.1) is 5.92 Å². The number of esters is 1. The maximum absolute atomic E-state index is 13.8. The summed E-state index contributed by atoms with van der Waals surface area (Å²) in [5.41, 5.74) is 3.58. The van der Waals surface area contributed by atoms with Crippen molar-refractivity contribution in [3.8, 4) is 5.75 Å². The SMILES string of the molecule is CC1=C(C(=O)OCC(C)C)C(c2ccc(OCc3ccccc3)cc2)n2c(s/c(=C\C=C\c3ccccc3)c2=O)=N1. The van der Waals surface area contributed by atoms with Gasteiger partial charge in [-0.1, -0.05) is 110 Å². The molecular weight excluding hydrogens is 532 g/mol. The molecular formula is C34H32N2O4S. The van der Waals surface area contributed by atoms with Gasteiger partial charge in [0.15, 0.2) is 4.80 Å². The fraction of sp³-hybridized carbons (Fsp3) is 0.206. The molecule has 6 nitrogen and oxygen atoms in total. The second-order valence-corrected chi connectivity index (χ2v) is 11.2. The van der Waals surface area contributed by atoms with Crippen LogP contribution in [0.4, 0.5) is 0 Å². The van der Waals surface area contributed by atoms with Crippen LogP contribution in [0.1, 0.15) is 43.5 Å². The van der Waals surface area contributed by atoms with Gasteiger partial charge in [-0.15, -0.1) is 0 Å². The smallest absolute Gasteiger partial charge is 0.338 e. The Morgan fingerprint density at radius 2 is 1.68 bits per heavy atom. The summed E-state index contributed by atoms with van der Waals surface area (Å²) in [5, 5.41) is 0.